The maximum Gasteiger partial charge on any atom is 0.303 e. The summed E-state index contributed by atoms with van der Waals surface area (Å²) in [7, 11) is 0. The third-order valence-electron chi connectivity index (χ3n) is 7.12. The van der Waals surface area contributed by atoms with E-state index in [0.29, 0.717) is 29.7 Å². The number of nitrogens with one attached hydrogen (secondary N) is 2. The Kier molecular flexibility index (Phi) is 7.92. The highest BCUT2D eigenvalue weighted by Gasteiger charge is 2.22. The second-order valence-electron chi connectivity index (χ2n) is 9.80. The Hall–Kier alpha value is -4.12. The number of carboxylic acid groups (broad SMARTS) is 1. The quantitative estimate of drug-likeness (QED) is 0.377. The van der Waals surface area contributed by atoms with Gasteiger partial charge in [-0.2, -0.15) is 5.26 Å². The zero-order valence-electron chi connectivity index (χ0n) is 21.2. The number of aliphatic carboxylic acids is 1. The molecular formula is C29H32N4O4. The van der Waals surface area contributed by atoms with E-state index in [2.05, 4.69) is 16.7 Å². The minimum absolute atomic E-state index is 0.0229. The number of nitriles is 1. The normalized spacial score (nSPS) is 14.3. The topological polar surface area (TPSA) is 124 Å². The van der Waals surface area contributed by atoms with Crippen molar-refractivity contribution in [1.29, 1.82) is 5.26 Å². The molecule has 1 aliphatic carbocycles. The highest BCUT2D eigenvalue weighted by Crippen LogP contribution is 2.28. The number of rotatable bonds is 9. The van der Waals surface area contributed by atoms with Crippen molar-refractivity contribution < 1.29 is 19.5 Å². The Bertz CT molecular complexity index is 1380. The summed E-state index contributed by atoms with van der Waals surface area (Å²) in [5, 5.41) is 25.3. The van der Waals surface area contributed by atoms with Gasteiger partial charge in [0.25, 0.3) is 5.91 Å². The van der Waals surface area contributed by atoms with Crippen molar-refractivity contribution >= 4 is 34.4 Å². The Morgan fingerprint density at radius 2 is 1.92 bits per heavy atom. The number of hydrogen-bond donors (Lipinski definition) is 3. The molecule has 0 saturated heterocycles. The number of aromatic nitrogens is 1. The maximum absolute atomic E-state index is 13.4. The zero-order chi connectivity index (χ0) is 26.5. The molecule has 1 aliphatic rings. The average Bonchev–Trinajstić information content (AvgIpc) is 3.51. The summed E-state index contributed by atoms with van der Waals surface area (Å²) >= 11 is 0. The summed E-state index contributed by atoms with van der Waals surface area (Å²) in [5.74, 6) is -1.25. The molecule has 2 amide bonds. The molecule has 192 valence electrons. The lowest BCUT2D eigenvalue weighted by atomic mass is 10.0. The molecule has 1 aromatic heterocycles. The summed E-state index contributed by atoms with van der Waals surface area (Å²) in [5.41, 5.74) is 4.05. The molecule has 8 nitrogen and oxygen atoms in total. The number of amides is 2. The second-order valence-corrected chi connectivity index (χ2v) is 9.80. The predicted octanol–water partition coefficient (Wildman–Crippen LogP) is 5.10. The Labute approximate surface area is 216 Å². The number of nitrogens with zero attached hydrogens (tertiary/aromatic N) is 2. The van der Waals surface area contributed by atoms with Gasteiger partial charge in [0.05, 0.1) is 11.6 Å². The van der Waals surface area contributed by atoms with Crippen molar-refractivity contribution in [3.8, 4) is 6.07 Å². The summed E-state index contributed by atoms with van der Waals surface area (Å²) in [4.78, 5) is 37.2. The Morgan fingerprint density at radius 1 is 1.16 bits per heavy atom. The fourth-order valence-electron chi connectivity index (χ4n) is 5.00. The van der Waals surface area contributed by atoms with E-state index in [1.54, 1.807) is 25.1 Å². The third-order valence-corrected chi connectivity index (χ3v) is 7.12. The van der Waals surface area contributed by atoms with Crippen LogP contribution in [0.1, 0.15) is 78.5 Å². The van der Waals surface area contributed by atoms with E-state index in [-0.39, 0.29) is 24.3 Å². The number of aryl methyl sites for hydroxylation is 2. The van der Waals surface area contributed by atoms with Crippen molar-refractivity contribution in [3.05, 3.63) is 64.8 Å². The highest BCUT2D eigenvalue weighted by molar-refractivity contribution is 6.00. The molecule has 4 rings (SSSR count). The minimum Gasteiger partial charge on any atom is -0.481 e. The fourth-order valence-corrected chi connectivity index (χ4v) is 5.00. The number of carboxylic acids is 1. The molecule has 8 heteroatoms. The minimum atomic E-state index is -0.876. The smallest absolute Gasteiger partial charge is 0.303 e. The molecule has 0 aliphatic heterocycles. The lowest BCUT2D eigenvalue weighted by molar-refractivity contribution is -0.137. The van der Waals surface area contributed by atoms with Crippen LogP contribution in [0.2, 0.25) is 0 Å². The molecule has 1 saturated carbocycles. The number of hydrogen-bond acceptors (Lipinski definition) is 4. The van der Waals surface area contributed by atoms with Crippen LogP contribution in [-0.4, -0.2) is 33.5 Å². The van der Waals surface area contributed by atoms with Gasteiger partial charge in [-0.1, -0.05) is 25.0 Å². The molecule has 0 spiro atoms. The van der Waals surface area contributed by atoms with Crippen molar-refractivity contribution in [2.75, 3.05) is 5.32 Å². The van der Waals surface area contributed by atoms with E-state index in [4.69, 9.17) is 5.11 Å². The van der Waals surface area contributed by atoms with Gasteiger partial charge >= 0.3 is 5.97 Å². The van der Waals surface area contributed by atoms with Gasteiger partial charge in [-0.15, -0.1) is 0 Å². The summed E-state index contributed by atoms with van der Waals surface area (Å²) in [6.07, 6.45) is 7.11. The molecule has 1 heterocycles. The molecule has 0 bridgehead atoms. The van der Waals surface area contributed by atoms with E-state index < -0.39 is 12.0 Å². The fraction of sp³-hybridized carbons (Fsp3) is 0.379. The monoisotopic (exact) mass is 500 g/mol. The van der Waals surface area contributed by atoms with Gasteiger partial charge in [-0.25, -0.2) is 0 Å². The van der Waals surface area contributed by atoms with E-state index in [1.807, 2.05) is 35.9 Å². The van der Waals surface area contributed by atoms with Crippen LogP contribution in [-0.2, 0) is 16.0 Å². The maximum atomic E-state index is 13.4. The number of fused-ring (bicyclic) bond motifs is 1. The SMILES string of the molecule is Cc1cn([C@H](C)C(=O)Nc2cc(C#N)ccc2CCCC(=O)O)c2cc(C(=O)NC3CCCC3)ccc12. The Balaban J connectivity index is 1.57. The van der Waals surface area contributed by atoms with Crippen LogP contribution < -0.4 is 10.6 Å². The summed E-state index contributed by atoms with van der Waals surface area (Å²) in [6.45, 7) is 3.76. The number of carbonyl (C=O) groups is 3. The van der Waals surface area contributed by atoms with E-state index in [9.17, 15) is 19.6 Å². The van der Waals surface area contributed by atoms with Gasteiger partial charge in [0.15, 0.2) is 0 Å². The first kappa shape index (κ1) is 26.0. The van der Waals surface area contributed by atoms with Crippen LogP contribution in [0.25, 0.3) is 10.9 Å². The van der Waals surface area contributed by atoms with Crippen LogP contribution >= 0.6 is 0 Å². The number of carbonyl (C=O) groups excluding carboxylic acids is 2. The van der Waals surface area contributed by atoms with Crippen LogP contribution in [0.4, 0.5) is 5.69 Å². The van der Waals surface area contributed by atoms with E-state index >= 15 is 0 Å². The van der Waals surface area contributed by atoms with Crippen LogP contribution in [0.15, 0.2) is 42.6 Å². The Morgan fingerprint density at radius 3 is 2.62 bits per heavy atom. The molecule has 3 N–H and O–H groups in total. The largest absolute Gasteiger partial charge is 0.481 e. The highest BCUT2D eigenvalue weighted by atomic mass is 16.4. The second kappa shape index (κ2) is 11.3. The first-order valence-electron chi connectivity index (χ1n) is 12.7. The van der Waals surface area contributed by atoms with Crippen molar-refractivity contribution in [1.82, 2.24) is 9.88 Å². The lowest BCUT2D eigenvalue weighted by Crippen LogP contribution is -2.32. The predicted molar refractivity (Wildman–Crippen MR) is 141 cm³/mol. The molecular weight excluding hydrogens is 468 g/mol. The zero-order valence-corrected chi connectivity index (χ0v) is 21.2. The first-order chi connectivity index (χ1) is 17.8. The molecule has 37 heavy (non-hydrogen) atoms. The average molecular weight is 501 g/mol. The van der Waals surface area contributed by atoms with Gasteiger partial charge in [0.2, 0.25) is 5.91 Å². The third kappa shape index (κ3) is 6.00. The van der Waals surface area contributed by atoms with Crippen LogP contribution in [0.3, 0.4) is 0 Å². The van der Waals surface area contributed by atoms with Gasteiger partial charge < -0.3 is 20.3 Å². The molecule has 0 radical (unpaired) electrons. The summed E-state index contributed by atoms with van der Waals surface area (Å²) < 4.78 is 1.87. The van der Waals surface area contributed by atoms with Gasteiger partial charge in [0.1, 0.15) is 6.04 Å². The molecule has 3 aromatic rings. The number of benzene rings is 2. The van der Waals surface area contributed by atoms with Gasteiger partial charge in [-0.3, -0.25) is 14.4 Å². The van der Waals surface area contributed by atoms with Gasteiger partial charge in [-0.05, 0) is 74.9 Å². The lowest BCUT2D eigenvalue weighted by Gasteiger charge is -2.18. The van der Waals surface area contributed by atoms with Crippen molar-refractivity contribution in [3.63, 3.8) is 0 Å². The molecule has 0 unspecified atom stereocenters. The van der Waals surface area contributed by atoms with Crippen molar-refractivity contribution in [2.45, 2.75) is 70.9 Å². The van der Waals surface area contributed by atoms with Crippen LogP contribution in [0, 0.1) is 18.3 Å². The first-order valence-corrected chi connectivity index (χ1v) is 12.7. The van der Waals surface area contributed by atoms with Crippen molar-refractivity contribution in [2.24, 2.45) is 0 Å². The standard InChI is InChI=1S/C29H32N4O4/c1-18-17-33(26-15-22(12-13-24(18)26)29(37)31-23-7-3-4-8-23)19(2)28(36)32-25-14-20(16-30)10-11-21(25)6-5-9-27(34)35/h10-15,17,19,23H,3-9H2,1-2H3,(H,31,37)(H,32,36)(H,34,35)/t19-/m1/s1. The molecule has 1 fully saturated rings. The number of anilines is 1. The van der Waals surface area contributed by atoms with E-state index in [0.717, 1.165) is 47.7 Å². The van der Waals surface area contributed by atoms with Crippen LogP contribution in [0.5, 0.6) is 0 Å². The molecule has 2 aromatic carbocycles. The molecule has 1 atom stereocenters. The summed E-state index contributed by atoms with van der Waals surface area (Å²) in [6, 6.07) is 12.3. The van der Waals surface area contributed by atoms with E-state index in [1.165, 1.54) is 0 Å². The van der Waals surface area contributed by atoms with Gasteiger partial charge in [0, 0.05) is 40.8 Å².